The second-order valence-corrected chi connectivity index (χ2v) is 15.7. The first-order chi connectivity index (χ1) is 27.5. The van der Waals surface area contributed by atoms with Crippen LogP contribution in [0.1, 0.15) is 233 Å². The molecule has 0 aliphatic heterocycles. The van der Waals surface area contributed by atoms with Crippen LogP contribution in [-0.2, 0) is 28.6 Å². The average molecular weight is 785 g/mol. The molecule has 0 aromatic carbocycles. The number of ether oxygens (including phenoxy) is 3. The van der Waals surface area contributed by atoms with E-state index in [0.29, 0.717) is 12.8 Å². The van der Waals surface area contributed by atoms with Crippen LogP contribution < -0.4 is 0 Å². The van der Waals surface area contributed by atoms with Crippen molar-refractivity contribution in [2.75, 3.05) is 13.2 Å². The molecule has 324 valence electrons. The molecule has 56 heavy (non-hydrogen) atoms. The quantitative estimate of drug-likeness (QED) is 0.0265. The van der Waals surface area contributed by atoms with Crippen molar-refractivity contribution in [1.82, 2.24) is 0 Å². The molecule has 0 aromatic heterocycles. The molecule has 0 aliphatic rings. The Morgan fingerprint density at radius 2 is 0.768 bits per heavy atom. The average Bonchev–Trinajstić information content (AvgIpc) is 3.19. The largest absolute Gasteiger partial charge is 0.462 e. The Labute approximate surface area is 346 Å². The summed E-state index contributed by atoms with van der Waals surface area (Å²) < 4.78 is 16.6. The number of esters is 3. The third kappa shape index (κ3) is 42.5. The van der Waals surface area contributed by atoms with Crippen LogP contribution in [0.25, 0.3) is 0 Å². The summed E-state index contributed by atoms with van der Waals surface area (Å²) in [5, 5.41) is 0. The van der Waals surface area contributed by atoms with E-state index in [9.17, 15) is 14.4 Å². The van der Waals surface area contributed by atoms with Crippen LogP contribution in [-0.4, -0.2) is 37.2 Å². The molecule has 0 aliphatic carbocycles. The van der Waals surface area contributed by atoms with E-state index in [2.05, 4.69) is 57.2 Å². The first-order valence-corrected chi connectivity index (χ1v) is 23.6. The van der Waals surface area contributed by atoms with Crippen LogP contribution in [0, 0.1) is 0 Å². The fourth-order valence-electron chi connectivity index (χ4n) is 6.56. The van der Waals surface area contributed by atoms with Crippen molar-refractivity contribution >= 4 is 17.9 Å². The number of hydrogen-bond donors (Lipinski definition) is 0. The van der Waals surface area contributed by atoms with Crippen molar-refractivity contribution in [3.05, 3.63) is 48.6 Å². The van der Waals surface area contributed by atoms with Gasteiger partial charge in [0.1, 0.15) is 13.2 Å². The lowest BCUT2D eigenvalue weighted by Crippen LogP contribution is -2.30. The van der Waals surface area contributed by atoms with E-state index in [0.717, 1.165) is 70.6 Å². The van der Waals surface area contributed by atoms with Crippen molar-refractivity contribution in [3.8, 4) is 0 Å². The summed E-state index contributed by atoms with van der Waals surface area (Å²) >= 11 is 0. The molecule has 6 nitrogen and oxygen atoms in total. The van der Waals surface area contributed by atoms with Gasteiger partial charge in [-0.25, -0.2) is 0 Å². The third-order valence-corrected chi connectivity index (χ3v) is 10.1. The van der Waals surface area contributed by atoms with Crippen molar-refractivity contribution in [3.63, 3.8) is 0 Å². The number of carbonyl (C=O) groups is 3. The van der Waals surface area contributed by atoms with Gasteiger partial charge in [-0.1, -0.05) is 204 Å². The highest BCUT2D eigenvalue weighted by Gasteiger charge is 2.19. The van der Waals surface area contributed by atoms with Gasteiger partial charge >= 0.3 is 17.9 Å². The molecule has 0 N–H and O–H groups in total. The Kier molecular flexibility index (Phi) is 43.0. The monoisotopic (exact) mass is 785 g/mol. The van der Waals surface area contributed by atoms with Gasteiger partial charge in [-0.05, 0) is 57.8 Å². The number of hydrogen-bond acceptors (Lipinski definition) is 6. The zero-order chi connectivity index (χ0) is 40.8. The van der Waals surface area contributed by atoms with Crippen LogP contribution in [0.2, 0.25) is 0 Å². The molecule has 0 aromatic rings. The maximum atomic E-state index is 12.7. The molecular formula is C50H88O6. The highest BCUT2D eigenvalue weighted by atomic mass is 16.6. The van der Waals surface area contributed by atoms with Crippen LogP contribution in [0.4, 0.5) is 0 Å². The SMILES string of the molecule is CC/C=C\C/C=C\C/C=C\CC(=O)OCC(COC(=O)CCCCCCCCCCCCCCCCC)OC(=O)CCCCC/C=C\CCCCCCCCC. The molecule has 0 spiro atoms. The van der Waals surface area contributed by atoms with E-state index in [4.69, 9.17) is 14.2 Å². The molecule has 1 atom stereocenters. The van der Waals surface area contributed by atoms with Gasteiger partial charge in [0.2, 0.25) is 0 Å². The number of carbonyl (C=O) groups excluding carboxylic acids is 3. The minimum atomic E-state index is -0.811. The van der Waals surface area contributed by atoms with E-state index >= 15 is 0 Å². The van der Waals surface area contributed by atoms with E-state index < -0.39 is 12.1 Å². The minimum absolute atomic E-state index is 0.104. The molecule has 0 saturated heterocycles. The second kappa shape index (κ2) is 45.1. The zero-order valence-electron chi connectivity index (χ0n) is 36.9. The summed E-state index contributed by atoms with van der Waals surface area (Å²) in [6.07, 6.45) is 52.7. The van der Waals surface area contributed by atoms with Gasteiger partial charge in [-0.3, -0.25) is 14.4 Å². The second-order valence-electron chi connectivity index (χ2n) is 15.7. The summed E-state index contributed by atoms with van der Waals surface area (Å²) in [5.41, 5.74) is 0. The summed E-state index contributed by atoms with van der Waals surface area (Å²) in [6, 6.07) is 0. The zero-order valence-corrected chi connectivity index (χ0v) is 36.9. The van der Waals surface area contributed by atoms with Crippen molar-refractivity contribution in [1.29, 1.82) is 0 Å². The van der Waals surface area contributed by atoms with E-state index in [1.807, 2.05) is 6.08 Å². The Morgan fingerprint density at radius 1 is 0.393 bits per heavy atom. The fourth-order valence-corrected chi connectivity index (χ4v) is 6.56. The molecule has 0 amide bonds. The predicted molar refractivity (Wildman–Crippen MR) is 238 cm³/mol. The molecule has 0 rings (SSSR count). The fraction of sp³-hybridized carbons (Fsp3) is 0.780. The smallest absolute Gasteiger partial charge is 0.309 e. The summed E-state index contributed by atoms with van der Waals surface area (Å²) in [7, 11) is 0. The maximum absolute atomic E-state index is 12.7. The number of unbranched alkanes of at least 4 members (excludes halogenated alkanes) is 24. The van der Waals surface area contributed by atoms with Crippen LogP contribution >= 0.6 is 0 Å². The molecule has 0 bridgehead atoms. The van der Waals surface area contributed by atoms with Crippen molar-refractivity contribution in [2.24, 2.45) is 0 Å². The lowest BCUT2D eigenvalue weighted by Gasteiger charge is -2.18. The Morgan fingerprint density at radius 3 is 1.25 bits per heavy atom. The van der Waals surface area contributed by atoms with Gasteiger partial charge in [-0.2, -0.15) is 0 Å². The Bertz CT molecular complexity index is 996. The number of allylic oxidation sites excluding steroid dienone is 7. The lowest BCUT2D eigenvalue weighted by molar-refractivity contribution is -0.166. The van der Waals surface area contributed by atoms with Gasteiger partial charge in [0.25, 0.3) is 0 Å². The van der Waals surface area contributed by atoms with Gasteiger partial charge in [0.15, 0.2) is 6.10 Å². The maximum Gasteiger partial charge on any atom is 0.309 e. The van der Waals surface area contributed by atoms with Crippen LogP contribution in [0.5, 0.6) is 0 Å². The summed E-state index contributed by atoms with van der Waals surface area (Å²) in [4.78, 5) is 37.6. The minimum Gasteiger partial charge on any atom is -0.462 e. The summed E-state index contributed by atoms with van der Waals surface area (Å²) in [5.74, 6) is -1.05. The van der Waals surface area contributed by atoms with E-state index in [1.54, 1.807) is 6.08 Å². The Balaban J connectivity index is 4.40. The topological polar surface area (TPSA) is 78.9 Å². The van der Waals surface area contributed by atoms with Crippen molar-refractivity contribution in [2.45, 2.75) is 239 Å². The van der Waals surface area contributed by atoms with Gasteiger partial charge in [0.05, 0.1) is 6.42 Å². The van der Waals surface area contributed by atoms with Crippen LogP contribution in [0.15, 0.2) is 48.6 Å². The molecule has 6 heteroatoms. The molecule has 1 unspecified atom stereocenters. The van der Waals surface area contributed by atoms with Gasteiger partial charge in [-0.15, -0.1) is 0 Å². The van der Waals surface area contributed by atoms with E-state index in [-0.39, 0.29) is 31.6 Å². The van der Waals surface area contributed by atoms with Crippen molar-refractivity contribution < 1.29 is 28.6 Å². The third-order valence-electron chi connectivity index (χ3n) is 10.1. The van der Waals surface area contributed by atoms with Crippen LogP contribution in [0.3, 0.4) is 0 Å². The normalized spacial score (nSPS) is 12.4. The highest BCUT2D eigenvalue weighted by Crippen LogP contribution is 2.15. The summed E-state index contributed by atoms with van der Waals surface area (Å²) in [6.45, 7) is 6.41. The number of rotatable bonds is 42. The van der Waals surface area contributed by atoms with E-state index in [1.165, 1.54) is 122 Å². The first kappa shape index (κ1) is 53.4. The molecular weight excluding hydrogens is 697 g/mol. The molecule has 0 radical (unpaired) electrons. The first-order valence-electron chi connectivity index (χ1n) is 23.6. The lowest BCUT2D eigenvalue weighted by atomic mass is 10.0. The standard InChI is InChI=1S/C50H88O6/c1-4-7-10-13-16-19-21-23-25-27-28-31-34-37-40-43-49(52)55-46-47(45-54-48(51)42-39-36-33-30-18-15-12-9-6-3)56-50(53)44-41-38-35-32-29-26-24-22-20-17-14-11-8-5-2/h9,12,18,26,29-30,36,39,47H,4-8,10-11,13-17,19-25,27-28,31-35,37-38,40-46H2,1-3H3/b12-9-,29-26-,30-18-,39-36-. The Hall–Kier alpha value is -2.63. The molecule has 0 fully saturated rings. The van der Waals surface area contributed by atoms with Gasteiger partial charge in [0, 0.05) is 12.8 Å². The molecule has 0 heterocycles. The predicted octanol–water partition coefficient (Wildman–Crippen LogP) is 15.1. The highest BCUT2D eigenvalue weighted by molar-refractivity contribution is 5.72. The molecule has 0 saturated carbocycles. The van der Waals surface area contributed by atoms with Gasteiger partial charge < -0.3 is 14.2 Å².